The minimum absolute atomic E-state index is 0.0414. The highest BCUT2D eigenvalue weighted by Crippen LogP contribution is 2.24. The Bertz CT molecular complexity index is 2600. The van der Waals surface area contributed by atoms with Crippen LogP contribution in [0.15, 0.2) is 48.5 Å². The van der Waals surface area contributed by atoms with Crippen LogP contribution >= 0.6 is 45.2 Å². The number of nitrogens with one attached hydrogen (secondary N) is 8. The summed E-state index contributed by atoms with van der Waals surface area (Å²) < 4.78 is 1.81. The number of rotatable bonds is 16. The average molecular weight is 1420 g/mol. The fraction of sp³-hybridized carbons (Fsp3) is 0.600. The van der Waals surface area contributed by atoms with Crippen molar-refractivity contribution in [2.45, 2.75) is 193 Å². The topological polar surface area (TPSA) is 360 Å². The quantitative estimate of drug-likeness (QED) is 0.107. The van der Waals surface area contributed by atoms with E-state index in [1.54, 1.807) is 52.0 Å². The van der Waals surface area contributed by atoms with Gasteiger partial charge in [-0.15, -0.1) is 0 Å². The molecule has 0 saturated carbocycles. The lowest BCUT2D eigenvalue weighted by Crippen LogP contribution is -2.62. The molecule has 3 heterocycles. The Balaban J connectivity index is 1.61. The highest BCUT2D eigenvalue weighted by molar-refractivity contribution is 14.1. The van der Waals surface area contributed by atoms with Crippen molar-refractivity contribution >= 4 is 116 Å². The van der Waals surface area contributed by atoms with Gasteiger partial charge in [0, 0.05) is 45.9 Å². The molecule has 5 rings (SSSR count). The first kappa shape index (κ1) is 70.3. The van der Waals surface area contributed by atoms with E-state index >= 15 is 0 Å². The van der Waals surface area contributed by atoms with Gasteiger partial charge in [-0.1, -0.05) is 79.7 Å². The van der Waals surface area contributed by atoms with Crippen LogP contribution in [0.25, 0.3) is 0 Å². The number of halogens is 2. The van der Waals surface area contributed by atoms with Crippen LogP contribution in [-0.2, 0) is 70.4 Å². The standard InChI is InChI=1S/C60H86I2N12O12/c1-31(2)27-41-53(79)69-43(29-35-13-17-37(61)18-14-35)59(85)73-25-9-11-45(73)55(81)72-50(34(7)8)58(84)66-40(22-24-48(64)76)52(78)68-42(28-32(3)4)54(80)70-44(30-36-15-19-38(62)20-16-36)60(86)74-26-10-12-46(74)56(82)71-49(33(5)6)57(83)65-39(51(77)67-41)21-23-47(63)75/h13-20,31-34,39-46,49-50H,9-12,21-30H2,1-8H3,(H2,63,75)(H2,64,76)(H,65,83)(H,66,84)(H,67,77)(H,68,78)(H,69,79)(H,70,80)(H,71,82)(H,72,81)/t39-,40+,41-,42-,43+,44+,45-,46-,49-,50-/m0/s1. The van der Waals surface area contributed by atoms with Gasteiger partial charge < -0.3 is 63.8 Å². The monoisotopic (exact) mass is 1420 g/mol. The smallest absolute Gasteiger partial charge is 0.246 e. The van der Waals surface area contributed by atoms with Gasteiger partial charge in [0.2, 0.25) is 70.9 Å². The van der Waals surface area contributed by atoms with E-state index in [4.69, 9.17) is 11.5 Å². The van der Waals surface area contributed by atoms with Crippen molar-refractivity contribution < 1.29 is 57.5 Å². The van der Waals surface area contributed by atoms with Crippen LogP contribution in [0.3, 0.4) is 0 Å². The van der Waals surface area contributed by atoms with E-state index in [0.717, 1.165) is 7.14 Å². The predicted molar refractivity (Wildman–Crippen MR) is 336 cm³/mol. The van der Waals surface area contributed by atoms with Crippen molar-refractivity contribution in [1.82, 2.24) is 52.3 Å². The first-order valence-corrected chi connectivity index (χ1v) is 31.8. The summed E-state index contributed by atoms with van der Waals surface area (Å²) in [7, 11) is 0. The lowest BCUT2D eigenvalue weighted by atomic mass is 9.98. The van der Waals surface area contributed by atoms with E-state index < -0.39 is 143 Å². The summed E-state index contributed by atoms with van der Waals surface area (Å²) in [5, 5.41) is 22.1. The zero-order valence-electron chi connectivity index (χ0n) is 50.3. The molecule has 3 aliphatic heterocycles. The largest absolute Gasteiger partial charge is 0.370 e. The van der Waals surface area contributed by atoms with Gasteiger partial charge in [0.25, 0.3) is 0 Å². The third kappa shape index (κ3) is 20.9. The maximum Gasteiger partial charge on any atom is 0.246 e. The maximum absolute atomic E-state index is 15.0. The number of hydrogen-bond donors (Lipinski definition) is 10. The molecule has 3 fully saturated rings. The maximum atomic E-state index is 15.0. The summed E-state index contributed by atoms with van der Waals surface area (Å²) in [5.41, 5.74) is 12.4. The van der Waals surface area contributed by atoms with Crippen molar-refractivity contribution in [2.75, 3.05) is 13.1 Å². The average Bonchev–Trinajstić information content (AvgIpc) is 4.35. The Morgan fingerprint density at radius 2 is 0.744 bits per heavy atom. The minimum atomic E-state index is -1.47. The number of carbonyl (C=O) groups excluding carboxylic acids is 12. The Hall–Kier alpha value is -6.46. The highest BCUT2D eigenvalue weighted by Gasteiger charge is 2.43. The molecular weight excluding hydrogens is 1330 g/mol. The molecule has 0 unspecified atom stereocenters. The molecule has 26 heteroatoms. The summed E-state index contributed by atoms with van der Waals surface area (Å²) in [6.07, 6.45) is -0.211. The second-order valence-corrected chi connectivity index (χ2v) is 26.6. The van der Waals surface area contributed by atoms with Crippen molar-refractivity contribution in [3.8, 4) is 0 Å². The van der Waals surface area contributed by atoms with Gasteiger partial charge in [-0.25, -0.2) is 0 Å². The van der Waals surface area contributed by atoms with Crippen molar-refractivity contribution in [2.24, 2.45) is 35.1 Å². The Morgan fingerprint density at radius 1 is 0.442 bits per heavy atom. The van der Waals surface area contributed by atoms with Gasteiger partial charge in [-0.05, 0) is 156 Å². The van der Waals surface area contributed by atoms with E-state index in [1.807, 2.05) is 52.0 Å². The lowest BCUT2D eigenvalue weighted by molar-refractivity contribution is -0.143. The number of carbonyl (C=O) groups is 12. The number of fused-ring (bicyclic) bond motifs is 2. The SMILES string of the molecule is CC(C)C[C@@H]1NC(=O)[C@H](CCC(N)=O)NC(=O)[C@H](C(C)C)NC(=O)[C@@H]2CCCN2C(=O)[C@@H](Cc2ccc(I)cc2)NC(=O)[C@H](CC(C)C)NC(=O)[C@@H](CCC(N)=O)NC(=O)[C@H](C(C)C)NC(=O)[C@@H]2CCCN2C(=O)[C@@H](Cc2ccc(I)cc2)NC1=O. The van der Waals surface area contributed by atoms with Gasteiger partial charge in [-0.3, -0.25) is 57.5 Å². The molecule has 0 aromatic heterocycles. The Kier molecular flexibility index (Phi) is 27.0. The molecule has 472 valence electrons. The summed E-state index contributed by atoms with van der Waals surface area (Å²) in [6.45, 7) is 14.1. The van der Waals surface area contributed by atoms with Crippen LogP contribution in [0, 0.1) is 30.8 Å². The van der Waals surface area contributed by atoms with Crippen LogP contribution in [0.2, 0.25) is 0 Å². The van der Waals surface area contributed by atoms with E-state index in [0.29, 0.717) is 24.0 Å². The van der Waals surface area contributed by atoms with Crippen LogP contribution in [0.4, 0.5) is 0 Å². The Labute approximate surface area is 530 Å². The van der Waals surface area contributed by atoms with E-state index in [2.05, 4.69) is 87.7 Å². The first-order valence-electron chi connectivity index (χ1n) is 29.6. The third-order valence-electron chi connectivity index (χ3n) is 15.4. The molecule has 3 saturated heterocycles. The number of amides is 12. The number of nitrogens with two attached hydrogens (primary N) is 2. The van der Waals surface area contributed by atoms with Crippen molar-refractivity contribution in [3.63, 3.8) is 0 Å². The molecule has 0 spiro atoms. The molecule has 3 aliphatic rings. The molecule has 12 N–H and O–H groups in total. The molecule has 0 bridgehead atoms. The van der Waals surface area contributed by atoms with Gasteiger partial charge in [0.15, 0.2) is 0 Å². The number of hydrogen-bond acceptors (Lipinski definition) is 12. The van der Waals surface area contributed by atoms with Crippen molar-refractivity contribution in [3.05, 3.63) is 66.8 Å². The van der Waals surface area contributed by atoms with Crippen LogP contribution in [-0.4, -0.2) is 154 Å². The summed E-state index contributed by atoms with van der Waals surface area (Å²) in [5.74, 6) is -10.8. The number of primary amides is 2. The zero-order valence-corrected chi connectivity index (χ0v) is 54.6. The fourth-order valence-corrected chi connectivity index (χ4v) is 11.5. The second-order valence-electron chi connectivity index (χ2n) is 24.1. The Morgan fingerprint density at radius 3 is 1.05 bits per heavy atom. The number of benzene rings is 2. The molecule has 10 atom stereocenters. The van der Waals surface area contributed by atoms with Crippen LogP contribution < -0.4 is 54.0 Å². The number of nitrogens with zero attached hydrogens (tertiary/aromatic N) is 2. The fourth-order valence-electron chi connectivity index (χ4n) is 10.8. The van der Waals surface area contributed by atoms with Gasteiger partial charge in [0.05, 0.1) is 0 Å². The van der Waals surface area contributed by atoms with Gasteiger partial charge in [-0.2, -0.15) is 0 Å². The first-order chi connectivity index (χ1) is 40.5. The molecule has 2 aromatic carbocycles. The van der Waals surface area contributed by atoms with E-state index in [9.17, 15) is 57.5 Å². The molecule has 2 aromatic rings. The molecule has 0 radical (unpaired) electrons. The predicted octanol–water partition coefficient (Wildman–Crippen LogP) is 1.49. The summed E-state index contributed by atoms with van der Waals surface area (Å²) in [4.78, 5) is 173. The van der Waals surface area contributed by atoms with Crippen LogP contribution in [0.5, 0.6) is 0 Å². The van der Waals surface area contributed by atoms with E-state index in [1.165, 1.54) is 9.80 Å². The minimum Gasteiger partial charge on any atom is -0.370 e. The molecule has 86 heavy (non-hydrogen) atoms. The van der Waals surface area contributed by atoms with E-state index in [-0.39, 0.29) is 89.1 Å². The molecule has 0 aliphatic carbocycles. The normalized spacial score (nSPS) is 25.8. The zero-order chi connectivity index (χ0) is 63.7. The van der Waals surface area contributed by atoms with Crippen molar-refractivity contribution in [1.29, 1.82) is 0 Å². The summed E-state index contributed by atoms with van der Waals surface area (Å²) in [6, 6.07) is 1.42. The highest BCUT2D eigenvalue weighted by atomic mass is 127. The molecule has 12 amide bonds. The summed E-state index contributed by atoms with van der Waals surface area (Å²) >= 11 is 4.27. The lowest BCUT2D eigenvalue weighted by Gasteiger charge is -2.33. The molecule has 24 nitrogen and oxygen atoms in total. The van der Waals surface area contributed by atoms with Gasteiger partial charge in [0.1, 0.15) is 60.4 Å². The second kappa shape index (κ2) is 33.0. The van der Waals surface area contributed by atoms with Crippen LogP contribution in [0.1, 0.15) is 131 Å². The van der Waals surface area contributed by atoms with Gasteiger partial charge >= 0.3 is 0 Å². The molecular formula is C60H86I2N12O12. The third-order valence-corrected chi connectivity index (χ3v) is 16.8.